The molecule has 10 heteroatoms. The van der Waals surface area contributed by atoms with E-state index in [1.165, 1.54) is 10.4 Å². The lowest BCUT2D eigenvalue weighted by molar-refractivity contribution is -0.119. The third-order valence-electron chi connectivity index (χ3n) is 5.44. The van der Waals surface area contributed by atoms with Crippen LogP contribution in [-0.2, 0) is 19.6 Å². The topological polar surface area (TPSA) is 114 Å². The fourth-order valence-corrected chi connectivity index (χ4v) is 5.82. The average molecular weight is 460 g/mol. The van der Waals surface area contributed by atoms with Crippen molar-refractivity contribution in [3.05, 3.63) is 42.0 Å². The monoisotopic (exact) mass is 459 g/mol. The SMILES string of the molecule is CCOc1ccc(NC(=O)[C@@H]2CCCN2S(=O)(=O)c2cc3c(cc2C)NC(=O)CO3)cc1. The molecule has 0 unspecified atom stereocenters. The molecule has 4 rings (SSSR count). The number of benzene rings is 2. The number of ether oxygens (including phenoxy) is 2. The van der Waals surface area contributed by atoms with Gasteiger partial charge in [-0.25, -0.2) is 8.42 Å². The Labute approximate surface area is 186 Å². The molecule has 0 bridgehead atoms. The van der Waals surface area contributed by atoms with Crippen LogP contribution in [0.3, 0.4) is 0 Å². The van der Waals surface area contributed by atoms with E-state index in [0.29, 0.717) is 47.9 Å². The van der Waals surface area contributed by atoms with E-state index in [4.69, 9.17) is 9.47 Å². The Morgan fingerprint density at radius 2 is 2.03 bits per heavy atom. The highest BCUT2D eigenvalue weighted by atomic mass is 32.2. The molecular weight excluding hydrogens is 434 g/mol. The van der Waals surface area contributed by atoms with E-state index in [1.807, 2.05) is 6.92 Å². The summed E-state index contributed by atoms with van der Waals surface area (Å²) in [6.45, 7) is 4.15. The molecule has 1 saturated heterocycles. The first-order chi connectivity index (χ1) is 15.3. The van der Waals surface area contributed by atoms with E-state index in [2.05, 4.69) is 10.6 Å². The smallest absolute Gasteiger partial charge is 0.262 e. The molecule has 2 aromatic rings. The van der Waals surface area contributed by atoms with Crippen molar-refractivity contribution in [2.45, 2.75) is 37.6 Å². The van der Waals surface area contributed by atoms with Gasteiger partial charge in [-0.15, -0.1) is 0 Å². The van der Waals surface area contributed by atoms with Gasteiger partial charge in [0.15, 0.2) is 6.61 Å². The highest BCUT2D eigenvalue weighted by molar-refractivity contribution is 7.89. The number of rotatable bonds is 6. The maximum absolute atomic E-state index is 13.5. The normalized spacial score (nSPS) is 18.4. The van der Waals surface area contributed by atoms with Crippen LogP contribution in [0.2, 0.25) is 0 Å². The molecule has 1 fully saturated rings. The van der Waals surface area contributed by atoms with Crippen LogP contribution in [0.1, 0.15) is 25.3 Å². The lowest BCUT2D eigenvalue weighted by Gasteiger charge is -2.26. The van der Waals surface area contributed by atoms with Crippen LogP contribution in [0.15, 0.2) is 41.3 Å². The number of sulfonamides is 1. The molecular formula is C22H25N3O6S. The van der Waals surface area contributed by atoms with Crippen LogP contribution in [0.4, 0.5) is 11.4 Å². The predicted molar refractivity (Wildman–Crippen MR) is 118 cm³/mol. The summed E-state index contributed by atoms with van der Waals surface area (Å²) >= 11 is 0. The zero-order chi connectivity index (χ0) is 22.9. The first-order valence-electron chi connectivity index (χ1n) is 10.4. The third-order valence-corrected chi connectivity index (χ3v) is 7.49. The first-order valence-corrected chi connectivity index (χ1v) is 11.9. The van der Waals surface area contributed by atoms with Crippen LogP contribution in [0.25, 0.3) is 0 Å². The zero-order valence-corrected chi connectivity index (χ0v) is 18.7. The molecule has 9 nitrogen and oxygen atoms in total. The van der Waals surface area contributed by atoms with Gasteiger partial charge < -0.3 is 20.1 Å². The summed E-state index contributed by atoms with van der Waals surface area (Å²) in [6.07, 6.45) is 1.01. The van der Waals surface area contributed by atoms with Crippen molar-refractivity contribution in [1.29, 1.82) is 0 Å². The average Bonchev–Trinajstić information content (AvgIpc) is 3.26. The quantitative estimate of drug-likeness (QED) is 0.686. The molecule has 0 aromatic heterocycles. The van der Waals surface area contributed by atoms with E-state index in [0.717, 1.165) is 0 Å². The van der Waals surface area contributed by atoms with Crippen molar-refractivity contribution in [3.63, 3.8) is 0 Å². The number of nitrogens with zero attached hydrogens (tertiary/aromatic N) is 1. The zero-order valence-electron chi connectivity index (χ0n) is 17.9. The number of anilines is 2. The molecule has 1 atom stereocenters. The number of fused-ring (bicyclic) bond motifs is 1. The Bertz CT molecular complexity index is 1150. The molecule has 2 aromatic carbocycles. The van der Waals surface area contributed by atoms with Crippen LogP contribution < -0.4 is 20.1 Å². The van der Waals surface area contributed by atoms with Crippen molar-refractivity contribution in [2.24, 2.45) is 0 Å². The molecule has 0 saturated carbocycles. The number of carbonyl (C=O) groups is 2. The van der Waals surface area contributed by atoms with Gasteiger partial charge in [0.05, 0.1) is 17.2 Å². The number of carbonyl (C=O) groups excluding carboxylic acids is 2. The maximum Gasteiger partial charge on any atom is 0.262 e. The van der Waals surface area contributed by atoms with Crippen LogP contribution in [0.5, 0.6) is 11.5 Å². The highest BCUT2D eigenvalue weighted by Crippen LogP contribution is 2.36. The highest BCUT2D eigenvalue weighted by Gasteiger charge is 2.40. The lowest BCUT2D eigenvalue weighted by atomic mass is 10.2. The van der Waals surface area contributed by atoms with E-state index in [-0.39, 0.29) is 29.9 Å². The van der Waals surface area contributed by atoms with Gasteiger partial charge in [-0.1, -0.05) is 0 Å². The van der Waals surface area contributed by atoms with Gasteiger partial charge in [-0.2, -0.15) is 4.31 Å². The third kappa shape index (κ3) is 4.28. The van der Waals surface area contributed by atoms with Crippen LogP contribution in [-0.4, -0.2) is 50.3 Å². The van der Waals surface area contributed by atoms with Crippen molar-refractivity contribution >= 4 is 33.2 Å². The summed E-state index contributed by atoms with van der Waals surface area (Å²) in [7, 11) is -3.96. The Balaban J connectivity index is 1.56. The molecule has 2 amide bonds. The summed E-state index contributed by atoms with van der Waals surface area (Å²) in [6, 6.07) is 9.10. The molecule has 32 heavy (non-hydrogen) atoms. The molecule has 0 spiro atoms. The van der Waals surface area contributed by atoms with Crippen molar-refractivity contribution < 1.29 is 27.5 Å². The largest absolute Gasteiger partial charge is 0.494 e. The first kappa shape index (κ1) is 22.1. The summed E-state index contributed by atoms with van der Waals surface area (Å²) in [5.74, 6) is 0.313. The van der Waals surface area contributed by atoms with E-state index < -0.39 is 16.1 Å². The number of nitrogens with one attached hydrogen (secondary N) is 2. The predicted octanol–water partition coefficient (Wildman–Crippen LogP) is 2.52. The minimum atomic E-state index is -3.96. The standard InChI is InChI=1S/C22H25N3O6S/c1-3-30-16-8-6-15(7-9-16)23-22(27)18-5-4-10-25(18)32(28,29)20-12-19-17(11-14(20)2)24-21(26)13-31-19/h6-9,11-12,18H,3-5,10,13H2,1-2H3,(H,23,27)(H,24,26)/t18-/m0/s1. The Morgan fingerprint density at radius 1 is 1.28 bits per heavy atom. The van der Waals surface area contributed by atoms with Gasteiger partial charge in [-0.05, 0) is 62.6 Å². The Morgan fingerprint density at radius 3 is 2.75 bits per heavy atom. The van der Waals surface area contributed by atoms with Crippen LogP contribution in [0, 0.1) is 6.92 Å². The second-order valence-corrected chi connectivity index (χ2v) is 9.53. The number of hydrogen-bond acceptors (Lipinski definition) is 6. The molecule has 2 N–H and O–H groups in total. The van der Waals surface area contributed by atoms with Gasteiger partial charge in [-0.3, -0.25) is 9.59 Å². The number of hydrogen-bond donors (Lipinski definition) is 2. The van der Waals surface area contributed by atoms with E-state index >= 15 is 0 Å². The van der Waals surface area contributed by atoms with Crippen molar-refractivity contribution in [2.75, 3.05) is 30.4 Å². The van der Waals surface area contributed by atoms with Crippen LogP contribution >= 0.6 is 0 Å². The molecule has 2 aliphatic rings. The second-order valence-electron chi connectivity index (χ2n) is 7.67. The summed E-state index contributed by atoms with van der Waals surface area (Å²) < 4.78 is 39.0. The van der Waals surface area contributed by atoms with Gasteiger partial charge in [0.1, 0.15) is 17.5 Å². The second kappa shape index (κ2) is 8.79. The fourth-order valence-electron chi connectivity index (χ4n) is 3.94. The molecule has 2 aliphatic heterocycles. The minimum Gasteiger partial charge on any atom is -0.494 e. The van der Waals surface area contributed by atoms with E-state index in [1.54, 1.807) is 37.3 Å². The van der Waals surface area contributed by atoms with Gasteiger partial charge in [0.25, 0.3) is 5.91 Å². The summed E-state index contributed by atoms with van der Waals surface area (Å²) in [5, 5.41) is 5.47. The van der Waals surface area contributed by atoms with Crippen molar-refractivity contribution in [3.8, 4) is 11.5 Å². The lowest BCUT2D eigenvalue weighted by Crippen LogP contribution is -2.43. The number of aryl methyl sites for hydroxylation is 1. The molecule has 170 valence electrons. The van der Waals surface area contributed by atoms with Gasteiger partial charge in [0, 0.05) is 18.3 Å². The minimum absolute atomic E-state index is 0.0631. The Hall–Kier alpha value is -3.11. The van der Waals surface area contributed by atoms with Gasteiger partial charge in [0.2, 0.25) is 15.9 Å². The maximum atomic E-state index is 13.5. The summed E-state index contributed by atoms with van der Waals surface area (Å²) in [4.78, 5) is 24.5. The fraction of sp³-hybridized carbons (Fsp3) is 0.364. The van der Waals surface area contributed by atoms with Gasteiger partial charge >= 0.3 is 0 Å². The van der Waals surface area contributed by atoms with E-state index in [9.17, 15) is 18.0 Å². The van der Waals surface area contributed by atoms with Crippen molar-refractivity contribution in [1.82, 2.24) is 4.31 Å². The molecule has 0 aliphatic carbocycles. The summed E-state index contributed by atoms with van der Waals surface area (Å²) in [5.41, 5.74) is 1.47. The molecule has 0 radical (unpaired) electrons. The number of amides is 2. The Kier molecular flexibility index (Phi) is 6.07. The molecule has 2 heterocycles.